The Morgan fingerprint density at radius 3 is 3.10 bits per heavy atom. The monoisotopic (exact) mass is 289 g/mol. The van der Waals surface area contributed by atoms with Gasteiger partial charge < -0.3 is 4.84 Å². The molecule has 21 heavy (non-hydrogen) atoms. The molecule has 0 aliphatic carbocycles. The predicted molar refractivity (Wildman–Crippen MR) is 73.8 cm³/mol. The summed E-state index contributed by atoms with van der Waals surface area (Å²) in [5.41, 5.74) is 2.49. The van der Waals surface area contributed by atoms with Crippen molar-refractivity contribution in [1.82, 2.24) is 25.3 Å². The molecule has 0 saturated heterocycles. The highest BCUT2D eigenvalue weighted by atomic mass is 16.7. The van der Waals surface area contributed by atoms with E-state index in [-0.39, 0.29) is 0 Å². The molecule has 0 bridgehead atoms. The molecule has 0 fully saturated rings. The van der Waals surface area contributed by atoms with Crippen LogP contribution in [0.15, 0.2) is 27.5 Å². The van der Waals surface area contributed by atoms with Gasteiger partial charge in [0.25, 0.3) is 0 Å². The Balaban J connectivity index is 1.79. The molecule has 110 valence electrons. The third-order valence-corrected chi connectivity index (χ3v) is 3.05. The Morgan fingerprint density at radius 2 is 2.33 bits per heavy atom. The van der Waals surface area contributed by atoms with Gasteiger partial charge in [-0.15, -0.1) is 5.10 Å². The number of fused-ring (bicyclic) bond motifs is 1. The second-order valence-electron chi connectivity index (χ2n) is 4.69. The first-order valence-electron chi connectivity index (χ1n) is 6.79. The van der Waals surface area contributed by atoms with Gasteiger partial charge in [-0.25, -0.2) is 4.79 Å². The number of benzene rings is 1. The van der Waals surface area contributed by atoms with Crippen LogP contribution in [-0.4, -0.2) is 31.9 Å². The molecule has 0 spiro atoms. The molecule has 0 unspecified atom stereocenters. The SMILES string of the molecule is CCCCOn1nnc2cc(Cc3noc(=O)[nH]3)ccc21. The van der Waals surface area contributed by atoms with Crippen LogP contribution in [0.2, 0.25) is 0 Å². The summed E-state index contributed by atoms with van der Waals surface area (Å²) in [4.78, 5) is 20.4. The Labute approximate surface area is 119 Å². The number of unbranched alkanes of at least 4 members (excludes halogenated alkanes) is 1. The lowest BCUT2D eigenvalue weighted by molar-refractivity contribution is 0.0853. The predicted octanol–water partition coefficient (Wildman–Crippen LogP) is 0.927. The summed E-state index contributed by atoms with van der Waals surface area (Å²) < 4.78 is 4.47. The zero-order chi connectivity index (χ0) is 14.7. The number of nitrogens with one attached hydrogen (secondary N) is 1. The van der Waals surface area contributed by atoms with Crippen molar-refractivity contribution in [2.24, 2.45) is 0 Å². The van der Waals surface area contributed by atoms with Gasteiger partial charge in [0.05, 0.1) is 0 Å². The fraction of sp³-hybridized carbons (Fsp3) is 0.385. The van der Waals surface area contributed by atoms with Crippen LogP contribution in [0.5, 0.6) is 0 Å². The van der Waals surface area contributed by atoms with Gasteiger partial charge in [-0.3, -0.25) is 9.51 Å². The summed E-state index contributed by atoms with van der Waals surface area (Å²) in [5.74, 6) is -0.0766. The minimum Gasteiger partial charge on any atom is -0.395 e. The maximum Gasteiger partial charge on any atom is 0.438 e. The Kier molecular flexibility index (Phi) is 3.67. The van der Waals surface area contributed by atoms with Crippen molar-refractivity contribution in [1.29, 1.82) is 0 Å². The molecule has 0 aliphatic rings. The number of rotatable bonds is 6. The second-order valence-corrected chi connectivity index (χ2v) is 4.69. The molecule has 2 heterocycles. The highest BCUT2D eigenvalue weighted by Crippen LogP contribution is 2.14. The average molecular weight is 289 g/mol. The fourth-order valence-corrected chi connectivity index (χ4v) is 1.98. The van der Waals surface area contributed by atoms with Crippen molar-refractivity contribution >= 4 is 11.0 Å². The summed E-state index contributed by atoms with van der Waals surface area (Å²) in [6.45, 7) is 2.71. The molecule has 8 nitrogen and oxygen atoms in total. The lowest BCUT2D eigenvalue weighted by atomic mass is 10.1. The van der Waals surface area contributed by atoms with Crippen molar-refractivity contribution in [3.63, 3.8) is 0 Å². The van der Waals surface area contributed by atoms with Gasteiger partial charge in [-0.1, -0.05) is 29.4 Å². The van der Waals surface area contributed by atoms with Gasteiger partial charge in [0, 0.05) is 6.42 Å². The standard InChI is InChI=1S/C13H15N5O3/c1-2-3-6-20-18-11-5-4-9(7-10(11)15-17-18)8-12-14-13(19)21-16-12/h4-5,7H,2-3,6,8H2,1H3,(H,14,16,19). The molecule has 2 aromatic heterocycles. The zero-order valence-electron chi connectivity index (χ0n) is 11.6. The first-order chi connectivity index (χ1) is 10.3. The van der Waals surface area contributed by atoms with E-state index in [9.17, 15) is 4.79 Å². The van der Waals surface area contributed by atoms with Gasteiger partial charge in [0.1, 0.15) is 17.6 Å². The number of hydrogen-bond acceptors (Lipinski definition) is 6. The van der Waals surface area contributed by atoms with Crippen LogP contribution in [0, 0.1) is 0 Å². The number of aromatic nitrogens is 5. The van der Waals surface area contributed by atoms with Gasteiger partial charge in [-0.2, -0.15) is 0 Å². The minimum atomic E-state index is -0.554. The van der Waals surface area contributed by atoms with E-state index in [4.69, 9.17) is 4.84 Å². The van der Waals surface area contributed by atoms with E-state index >= 15 is 0 Å². The maximum absolute atomic E-state index is 10.9. The van der Waals surface area contributed by atoms with Crippen LogP contribution >= 0.6 is 0 Å². The van der Waals surface area contributed by atoms with Crippen molar-refractivity contribution < 1.29 is 9.36 Å². The van der Waals surface area contributed by atoms with E-state index in [1.807, 2.05) is 18.2 Å². The molecule has 0 radical (unpaired) electrons. The summed E-state index contributed by atoms with van der Waals surface area (Å²) >= 11 is 0. The smallest absolute Gasteiger partial charge is 0.395 e. The normalized spacial score (nSPS) is 11.1. The lowest BCUT2D eigenvalue weighted by Gasteiger charge is -2.04. The molecular weight excluding hydrogens is 274 g/mol. The van der Waals surface area contributed by atoms with Crippen LogP contribution in [0.3, 0.4) is 0 Å². The number of hydrogen-bond donors (Lipinski definition) is 1. The summed E-state index contributed by atoms with van der Waals surface area (Å²) in [5, 5.41) is 11.7. The third-order valence-electron chi connectivity index (χ3n) is 3.05. The maximum atomic E-state index is 10.9. The summed E-state index contributed by atoms with van der Waals surface area (Å²) in [6, 6.07) is 5.68. The zero-order valence-corrected chi connectivity index (χ0v) is 11.6. The minimum absolute atomic E-state index is 0.464. The molecule has 3 aromatic rings. The van der Waals surface area contributed by atoms with E-state index in [2.05, 4.69) is 31.9 Å². The third kappa shape index (κ3) is 2.93. The lowest BCUT2D eigenvalue weighted by Crippen LogP contribution is -2.14. The van der Waals surface area contributed by atoms with Crippen LogP contribution in [0.25, 0.3) is 11.0 Å². The molecule has 8 heteroatoms. The number of aromatic amines is 1. The van der Waals surface area contributed by atoms with E-state index in [1.165, 1.54) is 4.85 Å². The molecular formula is C13H15N5O3. The van der Waals surface area contributed by atoms with Gasteiger partial charge >= 0.3 is 5.76 Å². The van der Waals surface area contributed by atoms with Crippen molar-refractivity contribution in [3.05, 3.63) is 40.1 Å². The molecule has 3 rings (SSSR count). The number of nitrogens with zero attached hydrogens (tertiary/aromatic N) is 4. The van der Waals surface area contributed by atoms with Crippen LogP contribution in [-0.2, 0) is 6.42 Å². The molecule has 1 N–H and O–H groups in total. The fourth-order valence-electron chi connectivity index (χ4n) is 1.98. The average Bonchev–Trinajstić information content (AvgIpc) is 3.06. The first kappa shape index (κ1) is 13.3. The quantitative estimate of drug-likeness (QED) is 0.678. The van der Waals surface area contributed by atoms with Crippen molar-refractivity contribution in [2.75, 3.05) is 6.61 Å². The first-order valence-corrected chi connectivity index (χ1v) is 6.79. The van der Waals surface area contributed by atoms with E-state index in [0.29, 0.717) is 18.9 Å². The van der Waals surface area contributed by atoms with Crippen LogP contribution < -0.4 is 10.6 Å². The van der Waals surface area contributed by atoms with Gasteiger partial charge in [0.2, 0.25) is 0 Å². The Bertz CT molecular complexity index is 788. The van der Waals surface area contributed by atoms with Crippen LogP contribution in [0.1, 0.15) is 31.2 Å². The van der Waals surface area contributed by atoms with E-state index < -0.39 is 5.76 Å². The summed E-state index contributed by atoms with van der Waals surface area (Å²) in [7, 11) is 0. The molecule has 0 atom stereocenters. The summed E-state index contributed by atoms with van der Waals surface area (Å²) in [6.07, 6.45) is 2.50. The highest BCUT2D eigenvalue weighted by molar-refractivity contribution is 5.74. The van der Waals surface area contributed by atoms with Crippen molar-refractivity contribution in [3.8, 4) is 0 Å². The second kappa shape index (κ2) is 5.78. The van der Waals surface area contributed by atoms with E-state index in [1.54, 1.807) is 0 Å². The van der Waals surface area contributed by atoms with Gasteiger partial charge in [0.15, 0.2) is 5.82 Å². The van der Waals surface area contributed by atoms with Crippen LogP contribution in [0.4, 0.5) is 0 Å². The molecule has 1 aromatic carbocycles. The topological polar surface area (TPSA) is 98.8 Å². The van der Waals surface area contributed by atoms with E-state index in [0.717, 1.165) is 29.4 Å². The molecule has 0 saturated carbocycles. The number of H-pyrrole nitrogens is 1. The Morgan fingerprint density at radius 1 is 1.43 bits per heavy atom. The Hall–Kier alpha value is -2.64. The van der Waals surface area contributed by atoms with Crippen molar-refractivity contribution in [2.45, 2.75) is 26.2 Å². The highest BCUT2D eigenvalue weighted by Gasteiger charge is 2.08. The molecule has 0 aliphatic heterocycles. The largest absolute Gasteiger partial charge is 0.438 e. The molecule has 0 amide bonds. The van der Waals surface area contributed by atoms with Gasteiger partial charge in [-0.05, 0) is 29.3 Å².